The van der Waals surface area contributed by atoms with Gasteiger partial charge in [-0.1, -0.05) is 170 Å². The Hall–Kier alpha value is -7.23. The number of benzene rings is 7. The summed E-state index contributed by atoms with van der Waals surface area (Å²) in [6.07, 6.45) is 1.98. The molecule has 1 aliphatic rings. The summed E-state index contributed by atoms with van der Waals surface area (Å²) in [5, 5.41) is 0. The van der Waals surface area contributed by atoms with Gasteiger partial charge < -0.3 is 0 Å². The van der Waals surface area contributed by atoms with E-state index in [0.717, 1.165) is 50.5 Å². The van der Waals surface area contributed by atoms with Crippen LogP contribution >= 0.6 is 0 Å². The molecular formula is C54H39N3. The average Bonchev–Trinajstić information content (AvgIpc) is 3.58. The van der Waals surface area contributed by atoms with Gasteiger partial charge in [0.2, 0.25) is 0 Å². The number of pyridine rings is 1. The molecule has 2 heterocycles. The minimum absolute atomic E-state index is 0.579. The highest BCUT2D eigenvalue weighted by Gasteiger charge is 2.46. The van der Waals surface area contributed by atoms with E-state index in [4.69, 9.17) is 9.97 Å². The molecule has 0 N–H and O–H groups in total. The molecule has 3 heteroatoms. The molecule has 0 saturated carbocycles. The predicted molar refractivity (Wildman–Crippen MR) is 234 cm³/mol. The number of fused-ring (bicyclic) bond motifs is 3. The van der Waals surface area contributed by atoms with Crippen LogP contribution in [0.1, 0.15) is 33.5 Å². The Labute approximate surface area is 334 Å². The topological polar surface area (TPSA) is 38.7 Å². The van der Waals surface area contributed by atoms with E-state index in [9.17, 15) is 0 Å². The Morgan fingerprint density at radius 3 is 1.74 bits per heavy atom. The molecule has 57 heavy (non-hydrogen) atoms. The number of aromatic nitrogens is 3. The largest absolute Gasteiger partial charge is 0.261 e. The zero-order valence-corrected chi connectivity index (χ0v) is 31.9. The summed E-state index contributed by atoms with van der Waals surface area (Å²) in [7, 11) is 0. The van der Waals surface area contributed by atoms with E-state index in [-0.39, 0.29) is 0 Å². The van der Waals surface area contributed by atoms with Crippen molar-refractivity contribution in [2.24, 2.45) is 0 Å². The second-order valence-electron chi connectivity index (χ2n) is 14.9. The predicted octanol–water partition coefficient (Wildman–Crippen LogP) is 13.2. The summed E-state index contributed by atoms with van der Waals surface area (Å²) in [6.45, 7) is 4.20. The Morgan fingerprint density at radius 1 is 0.368 bits per heavy atom. The lowest BCUT2D eigenvalue weighted by atomic mass is 9.67. The van der Waals surface area contributed by atoms with E-state index >= 15 is 0 Å². The monoisotopic (exact) mass is 729 g/mol. The van der Waals surface area contributed by atoms with Gasteiger partial charge in [0, 0.05) is 28.6 Å². The summed E-state index contributed by atoms with van der Waals surface area (Å²) < 4.78 is 0. The number of aryl methyl sites for hydroxylation is 2. The van der Waals surface area contributed by atoms with Crippen molar-refractivity contribution in [3.63, 3.8) is 0 Å². The lowest BCUT2D eigenvalue weighted by molar-refractivity contribution is 0.768. The number of hydrogen-bond acceptors (Lipinski definition) is 3. The van der Waals surface area contributed by atoms with Crippen molar-refractivity contribution in [3.8, 4) is 67.3 Å². The van der Waals surface area contributed by atoms with Gasteiger partial charge in [-0.05, 0) is 99.3 Å². The van der Waals surface area contributed by atoms with E-state index in [1.54, 1.807) is 0 Å². The molecule has 0 bridgehead atoms. The summed E-state index contributed by atoms with van der Waals surface area (Å²) >= 11 is 0. The van der Waals surface area contributed by atoms with Crippen molar-refractivity contribution >= 4 is 0 Å². The average molecular weight is 730 g/mol. The van der Waals surface area contributed by atoms with Gasteiger partial charge in [-0.3, -0.25) is 4.98 Å². The zero-order valence-electron chi connectivity index (χ0n) is 31.9. The van der Waals surface area contributed by atoms with Crippen molar-refractivity contribution in [1.82, 2.24) is 15.0 Å². The van der Waals surface area contributed by atoms with E-state index < -0.39 is 5.41 Å². The normalized spacial score (nSPS) is 14.2. The molecule has 1 aliphatic carbocycles. The molecule has 0 saturated heterocycles. The number of rotatable bonds is 7. The van der Waals surface area contributed by atoms with Crippen LogP contribution in [0, 0.1) is 13.8 Å². The van der Waals surface area contributed by atoms with Gasteiger partial charge in [-0.2, -0.15) is 0 Å². The van der Waals surface area contributed by atoms with Gasteiger partial charge in [0.25, 0.3) is 0 Å². The SMILES string of the molecule is Cc1cc(-c2ccc3c(c2)-c2ccccc2C3(c2ccccc2)c2cccc(-c3nc(-c4ccccc4)cc(-c4ccccc4-c4ccccc4)n3)c2)c(C)cn1. The first-order valence-electron chi connectivity index (χ1n) is 19.5. The third-order valence-corrected chi connectivity index (χ3v) is 11.4. The molecular weight excluding hydrogens is 691 g/mol. The van der Waals surface area contributed by atoms with Crippen molar-refractivity contribution in [2.45, 2.75) is 19.3 Å². The minimum atomic E-state index is -0.579. The second kappa shape index (κ2) is 14.1. The van der Waals surface area contributed by atoms with Crippen LogP contribution in [0.3, 0.4) is 0 Å². The maximum atomic E-state index is 5.38. The quantitative estimate of drug-likeness (QED) is 0.164. The summed E-state index contributed by atoms with van der Waals surface area (Å²) in [5.41, 5.74) is 18.5. The van der Waals surface area contributed by atoms with Crippen LogP contribution in [-0.2, 0) is 5.41 Å². The first kappa shape index (κ1) is 34.3. The van der Waals surface area contributed by atoms with Crippen molar-refractivity contribution in [3.05, 3.63) is 234 Å². The molecule has 0 amide bonds. The highest BCUT2D eigenvalue weighted by atomic mass is 14.9. The van der Waals surface area contributed by atoms with Gasteiger partial charge in [0.1, 0.15) is 0 Å². The van der Waals surface area contributed by atoms with Gasteiger partial charge in [-0.15, -0.1) is 0 Å². The highest BCUT2D eigenvalue weighted by molar-refractivity contribution is 5.90. The van der Waals surface area contributed by atoms with E-state index in [0.29, 0.717) is 5.82 Å². The molecule has 1 atom stereocenters. The van der Waals surface area contributed by atoms with Crippen LogP contribution in [0.25, 0.3) is 67.3 Å². The summed E-state index contributed by atoms with van der Waals surface area (Å²) in [4.78, 5) is 15.2. The summed E-state index contributed by atoms with van der Waals surface area (Å²) in [5.74, 6) is 0.685. The molecule has 9 aromatic rings. The first-order chi connectivity index (χ1) is 28.1. The molecule has 7 aromatic carbocycles. The Bertz CT molecular complexity index is 2920. The van der Waals surface area contributed by atoms with E-state index in [2.05, 4.69) is 207 Å². The lowest BCUT2D eigenvalue weighted by Crippen LogP contribution is -2.28. The number of hydrogen-bond donors (Lipinski definition) is 0. The van der Waals surface area contributed by atoms with Gasteiger partial charge in [0.05, 0.1) is 16.8 Å². The van der Waals surface area contributed by atoms with Gasteiger partial charge >= 0.3 is 0 Å². The molecule has 0 spiro atoms. The molecule has 3 nitrogen and oxygen atoms in total. The van der Waals surface area contributed by atoms with Crippen LogP contribution in [0.4, 0.5) is 0 Å². The molecule has 270 valence electrons. The van der Waals surface area contributed by atoms with Crippen LogP contribution in [-0.4, -0.2) is 15.0 Å². The Kier molecular flexibility index (Phi) is 8.49. The van der Waals surface area contributed by atoms with Crippen LogP contribution in [0.15, 0.2) is 200 Å². The zero-order chi connectivity index (χ0) is 38.3. The first-order valence-corrected chi connectivity index (χ1v) is 19.5. The Morgan fingerprint density at radius 2 is 0.965 bits per heavy atom. The van der Waals surface area contributed by atoms with E-state index in [1.165, 1.54) is 44.5 Å². The highest BCUT2D eigenvalue weighted by Crippen LogP contribution is 2.57. The van der Waals surface area contributed by atoms with Crippen molar-refractivity contribution in [1.29, 1.82) is 0 Å². The fraction of sp³-hybridized carbons (Fsp3) is 0.0556. The maximum absolute atomic E-state index is 5.38. The molecule has 2 aromatic heterocycles. The van der Waals surface area contributed by atoms with Crippen molar-refractivity contribution < 1.29 is 0 Å². The standard InChI is InChI=1S/C54H39N3/c1-36-35-55-37(2)31-47(36)40-29-30-50-48(33-40)45-26-14-15-28-49(45)54(50,42-22-10-5-11-23-42)43-24-16-21-41(32-43)53-56-51(39-19-8-4-9-20-39)34-52(57-53)46-27-13-12-25-44(46)38-17-6-3-7-18-38/h3-35H,1-2H3. The fourth-order valence-electron chi connectivity index (χ4n) is 8.81. The smallest absolute Gasteiger partial charge is 0.160 e. The molecule has 10 rings (SSSR count). The maximum Gasteiger partial charge on any atom is 0.160 e. The van der Waals surface area contributed by atoms with E-state index in [1.807, 2.05) is 12.3 Å². The van der Waals surface area contributed by atoms with Gasteiger partial charge in [-0.25, -0.2) is 9.97 Å². The third-order valence-electron chi connectivity index (χ3n) is 11.4. The minimum Gasteiger partial charge on any atom is -0.261 e. The lowest BCUT2D eigenvalue weighted by Gasteiger charge is -2.34. The number of nitrogens with zero attached hydrogens (tertiary/aromatic N) is 3. The van der Waals surface area contributed by atoms with Crippen LogP contribution in [0.2, 0.25) is 0 Å². The third kappa shape index (κ3) is 5.87. The van der Waals surface area contributed by atoms with Crippen LogP contribution in [0.5, 0.6) is 0 Å². The fourth-order valence-corrected chi connectivity index (χ4v) is 8.81. The molecule has 0 radical (unpaired) electrons. The van der Waals surface area contributed by atoms with Crippen molar-refractivity contribution in [2.75, 3.05) is 0 Å². The molecule has 1 unspecified atom stereocenters. The molecule has 0 aliphatic heterocycles. The van der Waals surface area contributed by atoms with Gasteiger partial charge in [0.15, 0.2) is 5.82 Å². The molecule has 0 fully saturated rings. The van der Waals surface area contributed by atoms with Crippen LogP contribution < -0.4 is 0 Å². The Balaban J connectivity index is 1.20. The second-order valence-corrected chi connectivity index (χ2v) is 14.9. The summed E-state index contributed by atoms with van der Waals surface area (Å²) in [6, 6.07) is 69.6.